The van der Waals surface area contributed by atoms with Crippen molar-refractivity contribution in [3.05, 3.63) is 0 Å². The van der Waals surface area contributed by atoms with Crippen LogP contribution in [-0.2, 0) is 14.9 Å². The second-order valence-corrected chi connectivity index (χ2v) is 14.2. The van der Waals surface area contributed by atoms with E-state index >= 15 is 0 Å². The number of fused-ring (bicyclic) bond motifs is 5. The molecule has 4 saturated carbocycles. The number of carbonyl (C=O) groups excluding carboxylic acids is 1. The van der Waals surface area contributed by atoms with Crippen LogP contribution in [0.25, 0.3) is 0 Å². The van der Waals surface area contributed by atoms with Gasteiger partial charge in [0.05, 0.1) is 24.1 Å². The summed E-state index contributed by atoms with van der Waals surface area (Å²) in [7, 11) is -4.10. The van der Waals surface area contributed by atoms with Gasteiger partial charge in [-0.1, -0.05) is 20.8 Å². The molecular formula is C26H45NO7S. The van der Waals surface area contributed by atoms with Crippen molar-refractivity contribution in [3.63, 3.8) is 0 Å². The van der Waals surface area contributed by atoms with Crippen LogP contribution in [0, 0.1) is 46.3 Å². The molecule has 0 aromatic rings. The summed E-state index contributed by atoms with van der Waals surface area (Å²) in [5.41, 5.74) is -0.254. The fourth-order valence-corrected chi connectivity index (χ4v) is 9.46. The van der Waals surface area contributed by atoms with Gasteiger partial charge in [0.1, 0.15) is 0 Å². The van der Waals surface area contributed by atoms with Gasteiger partial charge < -0.3 is 20.6 Å². The largest absolute Gasteiger partial charge is 0.393 e. The maximum atomic E-state index is 12.2. The van der Waals surface area contributed by atoms with Gasteiger partial charge in [0.25, 0.3) is 10.1 Å². The van der Waals surface area contributed by atoms with Crippen molar-refractivity contribution in [2.45, 2.75) is 96.9 Å². The number of aliphatic hydroxyl groups excluding tert-OH is 3. The van der Waals surface area contributed by atoms with Crippen molar-refractivity contribution < 1.29 is 33.1 Å². The number of hydrogen-bond donors (Lipinski definition) is 5. The summed E-state index contributed by atoms with van der Waals surface area (Å²) in [6.07, 6.45) is 5.67. The van der Waals surface area contributed by atoms with E-state index in [0.29, 0.717) is 18.8 Å². The molecule has 5 N–H and O–H groups in total. The monoisotopic (exact) mass is 515 g/mol. The van der Waals surface area contributed by atoms with Crippen LogP contribution in [0.3, 0.4) is 0 Å². The van der Waals surface area contributed by atoms with E-state index in [1.165, 1.54) is 0 Å². The Morgan fingerprint density at radius 2 is 1.77 bits per heavy atom. The zero-order chi connectivity index (χ0) is 25.8. The number of carbonyl (C=O) groups is 1. The molecule has 202 valence electrons. The number of hydrogen-bond acceptors (Lipinski definition) is 6. The lowest BCUT2D eigenvalue weighted by atomic mass is 9.43. The minimum Gasteiger partial charge on any atom is -0.393 e. The predicted octanol–water partition coefficient (Wildman–Crippen LogP) is 2.37. The normalized spacial score (nSPS) is 46.3. The number of amides is 1. The Hall–Kier alpha value is -0.740. The fraction of sp³-hybridized carbons (Fsp3) is 0.962. The summed E-state index contributed by atoms with van der Waals surface area (Å²) in [4.78, 5) is 12.2. The molecule has 0 aromatic carbocycles. The van der Waals surface area contributed by atoms with E-state index in [9.17, 15) is 28.5 Å². The first-order valence-corrected chi connectivity index (χ1v) is 15.1. The SMILES string of the molecule is C[C@H](CCC(=O)NCCS(=O)(=O)O)[C@@H]1CC[C@@H]2[C@@H]3[C@H](O)C[C@@H]4C[C@H](O)CC[C@]4(C)[C@@H]3C[C@H](O)[C@@]21C. The van der Waals surface area contributed by atoms with Crippen molar-refractivity contribution in [2.75, 3.05) is 12.3 Å². The molecule has 4 aliphatic rings. The lowest BCUT2D eigenvalue weighted by Crippen LogP contribution is -2.62. The smallest absolute Gasteiger partial charge is 0.266 e. The van der Waals surface area contributed by atoms with E-state index in [1.807, 2.05) is 0 Å². The summed E-state index contributed by atoms with van der Waals surface area (Å²) in [6.45, 7) is 6.56. The first-order chi connectivity index (χ1) is 16.3. The summed E-state index contributed by atoms with van der Waals surface area (Å²) in [6, 6.07) is 0. The van der Waals surface area contributed by atoms with Gasteiger partial charge in [0.2, 0.25) is 5.91 Å². The van der Waals surface area contributed by atoms with E-state index in [2.05, 4.69) is 26.1 Å². The number of rotatable bonds is 7. The summed E-state index contributed by atoms with van der Waals surface area (Å²) < 4.78 is 30.5. The third-order valence-corrected chi connectivity index (χ3v) is 11.7. The molecule has 0 radical (unpaired) electrons. The zero-order valence-electron chi connectivity index (χ0n) is 21.4. The lowest BCUT2D eigenvalue weighted by Gasteiger charge is -2.63. The average molecular weight is 516 g/mol. The van der Waals surface area contributed by atoms with E-state index in [-0.39, 0.29) is 65.4 Å². The quantitative estimate of drug-likeness (QED) is 0.327. The van der Waals surface area contributed by atoms with Crippen LogP contribution >= 0.6 is 0 Å². The molecule has 4 fully saturated rings. The topological polar surface area (TPSA) is 144 Å². The zero-order valence-corrected chi connectivity index (χ0v) is 22.2. The van der Waals surface area contributed by atoms with Crippen molar-refractivity contribution in [1.29, 1.82) is 0 Å². The second-order valence-electron chi connectivity index (χ2n) is 12.7. The maximum absolute atomic E-state index is 12.2. The van der Waals surface area contributed by atoms with Gasteiger partial charge in [-0.05, 0) is 97.7 Å². The molecule has 0 saturated heterocycles. The molecule has 0 bridgehead atoms. The molecule has 11 atom stereocenters. The highest BCUT2D eigenvalue weighted by Crippen LogP contribution is 2.68. The molecule has 4 rings (SSSR count). The molecule has 0 unspecified atom stereocenters. The van der Waals surface area contributed by atoms with Gasteiger partial charge >= 0.3 is 0 Å². The standard InChI is InChI=1S/C26H45NO7S/c1-15(4-7-23(31)27-10-11-35(32,33)34)18-5-6-19-24-20(14-22(30)26(18,19)3)25(2)9-8-17(28)12-16(25)13-21(24)29/h15-22,24,28-30H,4-14H2,1-3H3,(H,27,31)(H,32,33,34)/t15-,16+,17-,18+,19-,20-,21-,22+,24+,25+,26-/m1/s1. The Morgan fingerprint density at radius 1 is 1.06 bits per heavy atom. The van der Waals surface area contributed by atoms with E-state index in [4.69, 9.17) is 4.55 Å². The highest BCUT2D eigenvalue weighted by molar-refractivity contribution is 7.85. The minimum absolute atomic E-state index is 0.0509. The van der Waals surface area contributed by atoms with Crippen LogP contribution in [-0.4, -0.2) is 64.8 Å². The molecule has 9 heteroatoms. The Morgan fingerprint density at radius 3 is 2.46 bits per heavy atom. The molecule has 0 heterocycles. The Kier molecular flexibility index (Phi) is 7.69. The summed E-state index contributed by atoms with van der Waals surface area (Å²) >= 11 is 0. The third kappa shape index (κ3) is 5.05. The van der Waals surface area contributed by atoms with Crippen LogP contribution in [0.5, 0.6) is 0 Å². The molecule has 0 aromatic heterocycles. The fourth-order valence-electron chi connectivity index (χ4n) is 9.10. The van der Waals surface area contributed by atoms with Crippen LogP contribution in [0.15, 0.2) is 0 Å². The van der Waals surface area contributed by atoms with Crippen LogP contribution in [0.1, 0.15) is 78.6 Å². The second kappa shape index (κ2) is 9.86. The van der Waals surface area contributed by atoms with Crippen molar-refractivity contribution in [1.82, 2.24) is 5.32 Å². The van der Waals surface area contributed by atoms with Gasteiger partial charge in [-0.2, -0.15) is 8.42 Å². The van der Waals surface area contributed by atoms with Crippen molar-refractivity contribution in [2.24, 2.45) is 46.3 Å². The van der Waals surface area contributed by atoms with Gasteiger partial charge in [0.15, 0.2) is 0 Å². The molecule has 35 heavy (non-hydrogen) atoms. The van der Waals surface area contributed by atoms with Gasteiger partial charge in [-0.25, -0.2) is 0 Å². The highest BCUT2D eigenvalue weighted by atomic mass is 32.2. The predicted molar refractivity (Wildman–Crippen MR) is 132 cm³/mol. The molecule has 0 spiro atoms. The van der Waals surface area contributed by atoms with E-state index in [0.717, 1.165) is 38.5 Å². The van der Waals surface area contributed by atoms with Crippen molar-refractivity contribution in [3.8, 4) is 0 Å². The van der Waals surface area contributed by atoms with Crippen LogP contribution in [0.2, 0.25) is 0 Å². The Labute approximate surface area is 210 Å². The number of aliphatic hydroxyl groups is 3. The first kappa shape index (κ1) is 27.3. The molecule has 4 aliphatic carbocycles. The van der Waals surface area contributed by atoms with E-state index < -0.39 is 28.1 Å². The van der Waals surface area contributed by atoms with Crippen LogP contribution in [0.4, 0.5) is 0 Å². The van der Waals surface area contributed by atoms with E-state index in [1.54, 1.807) is 0 Å². The average Bonchev–Trinajstić information content (AvgIpc) is 3.12. The summed E-state index contributed by atoms with van der Waals surface area (Å²) in [5.74, 6) is 0.705. The summed E-state index contributed by atoms with van der Waals surface area (Å²) in [5, 5.41) is 35.8. The maximum Gasteiger partial charge on any atom is 0.266 e. The molecular weight excluding hydrogens is 470 g/mol. The molecule has 1 amide bonds. The van der Waals surface area contributed by atoms with Crippen molar-refractivity contribution >= 4 is 16.0 Å². The minimum atomic E-state index is -4.10. The highest BCUT2D eigenvalue weighted by Gasteiger charge is 2.65. The third-order valence-electron chi connectivity index (χ3n) is 11.0. The molecule has 0 aliphatic heterocycles. The Balaban J connectivity index is 1.43. The van der Waals surface area contributed by atoms with Gasteiger partial charge in [0, 0.05) is 13.0 Å². The number of nitrogens with one attached hydrogen (secondary N) is 1. The first-order valence-electron chi connectivity index (χ1n) is 13.5. The van der Waals surface area contributed by atoms with Gasteiger partial charge in [-0.15, -0.1) is 0 Å². The molecule has 8 nitrogen and oxygen atoms in total. The Bertz CT molecular complexity index is 896. The van der Waals surface area contributed by atoms with Crippen LogP contribution < -0.4 is 5.32 Å². The lowest BCUT2D eigenvalue weighted by molar-refractivity contribution is -0.207. The van der Waals surface area contributed by atoms with Gasteiger partial charge in [-0.3, -0.25) is 9.35 Å².